The molecule has 0 bridgehead atoms. The minimum atomic E-state index is -0.283. The first-order valence-electron chi connectivity index (χ1n) is 4.65. The highest BCUT2D eigenvalue weighted by molar-refractivity contribution is 5.26. The van der Waals surface area contributed by atoms with Crippen LogP contribution in [0, 0.1) is 12.7 Å². The van der Waals surface area contributed by atoms with Crippen LogP contribution in [0.25, 0.3) is 0 Å². The number of halogens is 1. The molecule has 0 saturated carbocycles. The van der Waals surface area contributed by atoms with Gasteiger partial charge in [0.1, 0.15) is 5.82 Å². The Hall–Kier alpha value is -0.930. The number of methoxy groups -OCH3 is 1. The summed E-state index contributed by atoms with van der Waals surface area (Å²) in [7, 11) is 1.61. The molecule has 3 heteroatoms. The molecule has 14 heavy (non-hydrogen) atoms. The van der Waals surface area contributed by atoms with Crippen molar-refractivity contribution in [2.24, 2.45) is 5.73 Å². The topological polar surface area (TPSA) is 35.2 Å². The Morgan fingerprint density at radius 1 is 1.50 bits per heavy atom. The highest BCUT2D eigenvalue weighted by atomic mass is 19.1. The van der Waals surface area contributed by atoms with Gasteiger partial charge in [0.05, 0.1) is 0 Å². The van der Waals surface area contributed by atoms with Crippen LogP contribution < -0.4 is 5.73 Å². The molecule has 1 rings (SSSR count). The number of ether oxygens (including phenoxy) is 1. The number of hydrogen-bond acceptors (Lipinski definition) is 2. The van der Waals surface area contributed by atoms with E-state index in [1.54, 1.807) is 19.2 Å². The third kappa shape index (κ3) is 2.79. The lowest BCUT2D eigenvalue weighted by Gasteiger charge is -2.12. The molecule has 0 aliphatic rings. The zero-order valence-corrected chi connectivity index (χ0v) is 8.59. The van der Waals surface area contributed by atoms with Crippen molar-refractivity contribution in [2.45, 2.75) is 19.4 Å². The molecule has 0 fully saturated rings. The van der Waals surface area contributed by atoms with Crippen molar-refractivity contribution >= 4 is 0 Å². The van der Waals surface area contributed by atoms with E-state index in [1.807, 2.05) is 6.92 Å². The molecule has 0 aromatic heterocycles. The van der Waals surface area contributed by atoms with Gasteiger partial charge in [-0.15, -0.1) is 0 Å². The lowest BCUT2D eigenvalue weighted by molar-refractivity contribution is 0.187. The van der Waals surface area contributed by atoms with Crippen LogP contribution in [-0.2, 0) is 4.74 Å². The molecular formula is C11H16FNO. The van der Waals surface area contributed by atoms with Crippen LogP contribution in [0.2, 0.25) is 0 Å². The Bertz CT molecular complexity index is 301. The standard InChI is InChI=1S/C11H16FNO/c1-8-3-4-10(12)9(7-8)11(13)5-6-14-2/h3-4,7,11H,5-6,13H2,1-2H3. The largest absolute Gasteiger partial charge is 0.385 e. The van der Waals surface area contributed by atoms with Crippen molar-refractivity contribution in [1.82, 2.24) is 0 Å². The van der Waals surface area contributed by atoms with Crippen molar-refractivity contribution in [3.05, 3.63) is 35.1 Å². The number of aryl methyl sites for hydroxylation is 1. The van der Waals surface area contributed by atoms with E-state index in [4.69, 9.17) is 10.5 Å². The Balaban J connectivity index is 2.77. The molecule has 1 unspecified atom stereocenters. The van der Waals surface area contributed by atoms with Crippen LogP contribution in [0.1, 0.15) is 23.6 Å². The van der Waals surface area contributed by atoms with Gasteiger partial charge in [-0.1, -0.05) is 17.7 Å². The summed E-state index contributed by atoms with van der Waals surface area (Å²) in [6.45, 7) is 2.47. The molecule has 0 amide bonds. The third-order valence-corrected chi connectivity index (χ3v) is 2.18. The van der Waals surface area contributed by atoms with Crippen LogP contribution in [0.5, 0.6) is 0 Å². The van der Waals surface area contributed by atoms with Crippen molar-refractivity contribution in [2.75, 3.05) is 13.7 Å². The monoisotopic (exact) mass is 197 g/mol. The quantitative estimate of drug-likeness (QED) is 0.802. The van der Waals surface area contributed by atoms with Gasteiger partial charge in [-0.3, -0.25) is 0 Å². The van der Waals surface area contributed by atoms with E-state index in [1.165, 1.54) is 6.07 Å². The second-order valence-corrected chi connectivity index (χ2v) is 3.41. The Kier molecular flexibility index (Phi) is 4.04. The van der Waals surface area contributed by atoms with E-state index in [-0.39, 0.29) is 11.9 Å². The summed E-state index contributed by atoms with van der Waals surface area (Å²) >= 11 is 0. The number of benzene rings is 1. The zero-order chi connectivity index (χ0) is 10.6. The van der Waals surface area contributed by atoms with Crippen LogP contribution in [0.3, 0.4) is 0 Å². The highest BCUT2D eigenvalue weighted by Crippen LogP contribution is 2.19. The lowest BCUT2D eigenvalue weighted by atomic mass is 10.0. The van der Waals surface area contributed by atoms with Gasteiger partial charge in [0, 0.05) is 25.3 Å². The Labute approximate surface area is 83.9 Å². The van der Waals surface area contributed by atoms with Crippen molar-refractivity contribution < 1.29 is 9.13 Å². The molecule has 2 N–H and O–H groups in total. The fourth-order valence-electron chi connectivity index (χ4n) is 1.35. The molecule has 0 aliphatic heterocycles. The first-order chi connectivity index (χ1) is 6.65. The van der Waals surface area contributed by atoms with E-state index in [0.717, 1.165) is 5.56 Å². The third-order valence-electron chi connectivity index (χ3n) is 2.18. The van der Waals surface area contributed by atoms with E-state index in [0.29, 0.717) is 18.6 Å². The van der Waals surface area contributed by atoms with Gasteiger partial charge in [-0.2, -0.15) is 0 Å². The number of hydrogen-bond donors (Lipinski definition) is 1. The molecule has 1 aromatic rings. The van der Waals surface area contributed by atoms with Crippen LogP contribution in [0.4, 0.5) is 4.39 Å². The minimum Gasteiger partial charge on any atom is -0.385 e. The van der Waals surface area contributed by atoms with Gasteiger partial charge in [-0.05, 0) is 19.4 Å². The van der Waals surface area contributed by atoms with E-state index in [2.05, 4.69) is 0 Å². The van der Waals surface area contributed by atoms with Gasteiger partial charge in [0.2, 0.25) is 0 Å². The fourth-order valence-corrected chi connectivity index (χ4v) is 1.35. The molecule has 0 radical (unpaired) electrons. The van der Waals surface area contributed by atoms with E-state index < -0.39 is 0 Å². The second-order valence-electron chi connectivity index (χ2n) is 3.41. The predicted molar refractivity (Wildman–Crippen MR) is 54.6 cm³/mol. The maximum Gasteiger partial charge on any atom is 0.127 e. The average molecular weight is 197 g/mol. The van der Waals surface area contributed by atoms with Gasteiger partial charge >= 0.3 is 0 Å². The summed E-state index contributed by atoms with van der Waals surface area (Å²) in [5.41, 5.74) is 7.42. The molecular weight excluding hydrogens is 181 g/mol. The number of rotatable bonds is 4. The van der Waals surface area contributed by atoms with E-state index in [9.17, 15) is 4.39 Å². The summed E-state index contributed by atoms with van der Waals surface area (Å²) in [6, 6.07) is 4.70. The predicted octanol–water partition coefficient (Wildman–Crippen LogP) is 2.17. The Morgan fingerprint density at radius 2 is 2.21 bits per heavy atom. The minimum absolute atomic E-state index is 0.237. The maximum atomic E-state index is 13.3. The SMILES string of the molecule is COCCC(N)c1cc(C)ccc1F. The summed E-state index contributed by atoms with van der Waals surface area (Å²) in [6.07, 6.45) is 0.636. The van der Waals surface area contributed by atoms with Gasteiger partial charge in [-0.25, -0.2) is 4.39 Å². The van der Waals surface area contributed by atoms with Crippen molar-refractivity contribution in [3.63, 3.8) is 0 Å². The van der Waals surface area contributed by atoms with Crippen molar-refractivity contribution in [3.8, 4) is 0 Å². The molecule has 1 aromatic carbocycles. The molecule has 78 valence electrons. The number of nitrogens with two attached hydrogens (primary N) is 1. The first kappa shape index (κ1) is 11.1. The summed E-state index contributed by atoms with van der Waals surface area (Å²) in [5, 5.41) is 0. The summed E-state index contributed by atoms with van der Waals surface area (Å²) in [5.74, 6) is -0.237. The van der Waals surface area contributed by atoms with Crippen LogP contribution in [-0.4, -0.2) is 13.7 Å². The first-order valence-corrected chi connectivity index (χ1v) is 4.65. The lowest BCUT2D eigenvalue weighted by Crippen LogP contribution is -2.14. The van der Waals surface area contributed by atoms with Crippen LogP contribution >= 0.6 is 0 Å². The Morgan fingerprint density at radius 3 is 2.86 bits per heavy atom. The fraction of sp³-hybridized carbons (Fsp3) is 0.455. The molecule has 2 nitrogen and oxygen atoms in total. The molecule has 0 aliphatic carbocycles. The molecule has 0 heterocycles. The maximum absolute atomic E-state index is 13.3. The highest BCUT2D eigenvalue weighted by Gasteiger charge is 2.10. The normalized spacial score (nSPS) is 12.9. The van der Waals surface area contributed by atoms with Gasteiger partial charge in [0.15, 0.2) is 0 Å². The van der Waals surface area contributed by atoms with Gasteiger partial charge < -0.3 is 10.5 Å². The zero-order valence-electron chi connectivity index (χ0n) is 8.59. The summed E-state index contributed by atoms with van der Waals surface area (Å²) in [4.78, 5) is 0. The van der Waals surface area contributed by atoms with Crippen molar-refractivity contribution in [1.29, 1.82) is 0 Å². The smallest absolute Gasteiger partial charge is 0.127 e. The van der Waals surface area contributed by atoms with Crippen LogP contribution in [0.15, 0.2) is 18.2 Å². The molecule has 0 saturated heterocycles. The van der Waals surface area contributed by atoms with Gasteiger partial charge in [0.25, 0.3) is 0 Å². The second kappa shape index (κ2) is 5.08. The molecule has 0 spiro atoms. The van der Waals surface area contributed by atoms with E-state index >= 15 is 0 Å². The molecule has 1 atom stereocenters. The average Bonchev–Trinajstić information content (AvgIpc) is 2.18. The summed E-state index contributed by atoms with van der Waals surface area (Å²) < 4.78 is 18.2.